The third-order valence-corrected chi connectivity index (χ3v) is 1.89. The second kappa shape index (κ2) is 3.82. The van der Waals surface area contributed by atoms with Gasteiger partial charge in [-0.25, -0.2) is 0 Å². The van der Waals surface area contributed by atoms with Crippen LogP contribution in [0.25, 0.3) is 0 Å². The van der Waals surface area contributed by atoms with Crippen LogP contribution in [0.4, 0.5) is 0 Å². The summed E-state index contributed by atoms with van der Waals surface area (Å²) in [5.74, 6) is 0.928. The molecule has 1 rings (SSSR count). The maximum Gasteiger partial charge on any atom is 0.118 e. The van der Waals surface area contributed by atoms with Gasteiger partial charge in [-0.1, -0.05) is 32.9 Å². The number of hydrogen-bond donors (Lipinski definition) is 0. The minimum atomic E-state index is 0.356. The molecular weight excluding hydrogens is 160 g/mol. The Kier molecular flexibility index (Phi) is 2.97. The minimum Gasteiger partial charge on any atom is -0.497 e. The third kappa shape index (κ3) is 3.49. The highest BCUT2D eigenvalue weighted by Gasteiger charge is 2.10. The molecule has 0 saturated carbocycles. The summed E-state index contributed by atoms with van der Waals surface area (Å²) in [6, 6.07) is 8.29. The molecule has 0 atom stereocenters. The second-order valence-electron chi connectivity index (χ2n) is 4.59. The van der Waals surface area contributed by atoms with E-state index in [1.807, 2.05) is 12.1 Å². The normalized spacial score (nSPS) is 11.4. The number of ether oxygens (including phenoxy) is 1. The van der Waals surface area contributed by atoms with E-state index in [0.717, 1.165) is 12.2 Å². The van der Waals surface area contributed by atoms with Gasteiger partial charge in [-0.05, 0) is 29.5 Å². The van der Waals surface area contributed by atoms with Crippen LogP contribution < -0.4 is 4.74 Å². The SMILES string of the molecule is COc1ccc(CC(C)(C)C)cc1. The Bertz CT molecular complexity index is 253. The van der Waals surface area contributed by atoms with Crippen LogP contribution in [-0.2, 0) is 6.42 Å². The molecule has 0 N–H and O–H groups in total. The number of benzene rings is 1. The fourth-order valence-corrected chi connectivity index (χ4v) is 1.36. The van der Waals surface area contributed by atoms with Crippen molar-refractivity contribution in [3.8, 4) is 5.75 Å². The van der Waals surface area contributed by atoms with Gasteiger partial charge in [-0.2, -0.15) is 0 Å². The van der Waals surface area contributed by atoms with Crippen molar-refractivity contribution in [3.05, 3.63) is 29.8 Å². The first kappa shape index (κ1) is 10.1. The third-order valence-electron chi connectivity index (χ3n) is 1.89. The number of rotatable bonds is 2. The molecule has 0 heterocycles. The predicted molar refractivity (Wildman–Crippen MR) is 56.2 cm³/mol. The molecule has 0 aliphatic heterocycles. The minimum absolute atomic E-state index is 0.356. The summed E-state index contributed by atoms with van der Waals surface area (Å²) in [6.45, 7) is 6.74. The Morgan fingerprint density at radius 1 is 1.08 bits per heavy atom. The average molecular weight is 178 g/mol. The molecular formula is C12H18O. The van der Waals surface area contributed by atoms with Gasteiger partial charge in [0.15, 0.2) is 0 Å². The van der Waals surface area contributed by atoms with E-state index in [2.05, 4.69) is 32.9 Å². The van der Waals surface area contributed by atoms with Gasteiger partial charge < -0.3 is 4.74 Å². The van der Waals surface area contributed by atoms with Gasteiger partial charge in [-0.3, -0.25) is 0 Å². The summed E-state index contributed by atoms with van der Waals surface area (Å²) >= 11 is 0. The van der Waals surface area contributed by atoms with Crippen molar-refractivity contribution in [2.45, 2.75) is 27.2 Å². The molecule has 0 radical (unpaired) electrons. The Labute approximate surface area is 80.7 Å². The molecule has 1 heteroatoms. The molecule has 1 aromatic rings. The molecule has 0 aliphatic rings. The van der Waals surface area contributed by atoms with Gasteiger partial charge in [0.25, 0.3) is 0 Å². The maximum atomic E-state index is 5.10. The average Bonchev–Trinajstić information content (AvgIpc) is 2.03. The summed E-state index contributed by atoms with van der Waals surface area (Å²) < 4.78 is 5.10. The first-order chi connectivity index (χ1) is 6.01. The van der Waals surface area contributed by atoms with Crippen molar-refractivity contribution in [1.29, 1.82) is 0 Å². The molecule has 13 heavy (non-hydrogen) atoms. The van der Waals surface area contributed by atoms with Crippen molar-refractivity contribution in [1.82, 2.24) is 0 Å². The highest BCUT2D eigenvalue weighted by Crippen LogP contribution is 2.21. The first-order valence-electron chi connectivity index (χ1n) is 4.64. The zero-order valence-electron chi connectivity index (χ0n) is 8.92. The fraction of sp³-hybridized carbons (Fsp3) is 0.500. The highest BCUT2D eigenvalue weighted by atomic mass is 16.5. The lowest BCUT2D eigenvalue weighted by molar-refractivity contribution is 0.406. The second-order valence-corrected chi connectivity index (χ2v) is 4.59. The molecule has 0 aromatic heterocycles. The Balaban J connectivity index is 2.70. The summed E-state index contributed by atoms with van der Waals surface area (Å²) in [5.41, 5.74) is 1.72. The van der Waals surface area contributed by atoms with E-state index in [9.17, 15) is 0 Å². The molecule has 0 saturated heterocycles. The zero-order chi connectivity index (χ0) is 9.90. The summed E-state index contributed by atoms with van der Waals surface area (Å²) in [5, 5.41) is 0. The number of hydrogen-bond acceptors (Lipinski definition) is 1. The molecule has 0 amide bonds. The molecule has 0 unspecified atom stereocenters. The van der Waals surface area contributed by atoms with Crippen molar-refractivity contribution < 1.29 is 4.74 Å². The summed E-state index contributed by atoms with van der Waals surface area (Å²) in [4.78, 5) is 0. The summed E-state index contributed by atoms with van der Waals surface area (Å²) in [7, 11) is 1.69. The van der Waals surface area contributed by atoms with Gasteiger partial charge in [0.2, 0.25) is 0 Å². The van der Waals surface area contributed by atoms with Crippen LogP contribution in [0.15, 0.2) is 24.3 Å². The number of methoxy groups -OCH3 is 1. The smallest absolute Gasteiger partial charge is 0.118 e. The van der Waals surface area contributed by atoms with Crippen LogP contribution in [0.3, 0.4) is 0 Å². The zero-order valence-corrected chi connectivity index (χ0v) is 8.92. The van der Waals surface area contributed by atoms with Crippen molar-refractivity contribution in [3.63, 3.8) is 0 Å². The maximum absolute atomic E-state index is 5.10. The Morgan fingerprint density at radius 3 is 2.00 bits per heavy atom. The predicted octanol–water partition coefficient (Wildman–Crippen LogP) is 3.28. The molecule has 0 aliphatic carbocycles. The largest absolute Gasteiger partial charge is 0.497 e. The van der Waals surface area contributed by atoms with Crippen LogP contribution >= 0.6 is 0 Å². The van der Waals surface area contributed by atoms with Crippen molar-refractivity contribution >= 4 is 0 Å². The fourth-order valence-electron chi connectivity index (χ4n) is 1.36. The molecule has 0 fully saturated rings. The van der Waals surface area contributed by atoms with E-state index < -0.39 is 0 Å². The molecule has 1 aromatic carbocycles. The topological polar surface area (TPSA) is 9.23 Å². The first-order valence-corrected chi connectivity index (χ1v) is 4.64. The van der Waals surface area contributed by atoms with Crippen molar-refractivity contribution in [2.24, 2.45) is 5.41 Å². The van der Waals surface area contributed by atoms with Gasteiger partial charge in [0, 0.05) is 0 Å². The van der Waals surface area contributed by atoms with Crippen LogP contribution in [-0.4, -0.2) is 7.11 Å². The van der Waals surface area contributed by atoms with E-state index in [1.54, 1.807) is 7.11 Å². The van der Waals surface area contributed by atoms with Crippen LogP contribution in [0.5, 0.6) is 5.75 Å². The van der Waals surface area contributed by atoms with E-state index in [0.29, 0.717) is 5.41 Å². The standard InChI is InChI=1S/C12H18O/c1-12(2,3)9-10-5-7-11(13-4)8-6-10/h5-8H,9H2,1-4H3. The van der Waals surface area contributed by atoms with Gasteiger partial charge in [0.05, 0.1) is 7.11 Å². The summed E-state index contributed by atoms with van der Waals surface area (Å²) in [6.07, 6.45) is 1.11. The van der Waals surface area contributed by atoms with Crippen LogP contribution in [0.2, 0.25) is 0 Å². The molecule has 0 bridgehead atoms. The lowest BCUT2D eigenvalue weighted by Crippen LogP contribution is -2.08. The lowest BCUT2D eigenvalue weighted by atomic mass is 9.88. The molecule has 1 nitrogen and oxygen atoms in total. The Hall–Kier alpha value is -0.980. The molecule has 72 valence electrons. The van der Waals surface area contributed by atoms with Crippen LogP contribution in [0.1, 0.15) is 26.3 Å². The van der Waals surface area contributed by atoms with E-state index in [1.165, 1.54) is 5.56 Å². The van der Waals surface area contributed by atoms with Crippen molar-refractivity contribution in [2.75, 3.05) is 7.11 Å². The Morgan fingerprint density at radius 2 is 1.62 bits per heavy atom. The molecule has 0 spiro atoms. The van der Waals surface area contributed by atoms with E-state index in [4.69, 9.17) is 4.74 Å². The highest BCUT2D eigenvalue weighted by molar-refractivity contribution is 5.27. The van der Waals surface area contributed by atoms with E-state index >= 15 is 0 Å². The van der Waals surface area contributed by atoms with Gasteiger partial charge in [0.1, 0.15) is 5.75 Å². The monoisotopic (exact) mass is 178 g/mol. The quantitative estimate of drug-likeness (QED) is 0.675. The lowest BCUT2D eigenvalue weighted by Gasteiger charge is -2.18. The van der Waals surface area contributed by atoms with Crippen LogP contribution in [0, 0.1) is 5.41 Å². The van der Waals surface area contributed by atoms with Gasteiger partial charge in [-0.15, -0.1) is 0 Å². The van der Waals surface area contributed by atoms with Gasteiger partial charge >= 0.3 is 0 Å². The van der Waals surface area contributed by atoms with E-state index in [-0.39, 0.29) is 0 Å².